The molecule has 0 aliphatic carbocycles. The number of hydrogen-bond acceptors (Lipinski definition) is 4. The van der Waals surface area contributed by atoms with Crippen LogP contribution in [0.3, 0.4) is 0 Å². The van der Waals surface area contributed by atoms with Gasteiger partial charge in [-0.1, -0.05) is 16.8 Å². The molecule has 94 valence electrons. The topological polar surface area (TPSA) is 57.0 Å². The third-order valence-corrected chi connectivity index (χ3v) is 2.31. The lowest BCUT2D eigenvalue weighted by Gasteiger charge is -2.00. The van der Waals surface area contributed by atoms with Crippen molar-refractivity contribution in [1.29, 1.82) is 0 Å². The van der Waals surface area contributed by atoms with E-state index in [1.54, 1.807) is 6.92 Å². The molecule has 7 heteroatoms. The Labute approximate surface area is 107 Å². The molecule has 0 atom stereocenters. The van der Waals surface area contributed by atoms with E-state index in [9.17, 15) is 9.18 Å². The lowest BCUT2D eigenvalue weighted by molar-refractivity contribution is 0.0519. The summed E-state index contributed by atoms with van der Waals surface area (Å²) in [5, 5.41) is 7.59. The molecule has 0 amide bonds. The molecule has 0 spiro atoms. The molecular weight excluding hydrogens is 261 g/mol. The van der Waals surface area contributed by atoms with Crippen LogP contribution in [-0.4, -0.2) is 27.6 Å². The Balaban J connectivity index is 2.32. The maximum Gasteiger partial charge on any atom is 0.360 e. The van der Waals surface area contributed by atoms with Crippen LogP contribution in [0.2, 0.25) is 5.02 Å². The van der Waals surface area contributed by atoms with Crippen LogP contribution in [0.5, 0.6) is 0 Å². The van der Waals surface area contributed by atoms with Gasteiger partial charge in [0.15, 0.2) is 5.69 Å². The summed E-state index contributed by atoms with van der Waals surface area (Å²) < 4.78 is 19.2. The van der Waals surface area contributed by atoms with Crippen LogP contribution in [0.1, 0.15) is 17.4 Å². The van der Waals surface area contributed by atoms with Crippen molar-refractivity contribution >= 4 is 17.6 Å². The lowest BCUT2D eigenvalue weighted by Crippen LogP contribution is -2.04. The molecule has 0 aliphatic rings. The molecular formula is C11H9ClFN3O2. The van der Waals surface area contributed by atoms with E-state index in [-0.39, 0.29) is 17.3 Å². The van der Waals surface area contributed by atoms with Crippen molar-refractivity contribution in [3.63, 3.8) is 0 Å². The Bertz CT molecular complexity index is 565. The van der Waals surface area contributed by atoms with Gasteiger partial charge in [-0.05, 0) is 25.1 Å². The Morgan fingerprint density at radius 1 is 1.50 bits per heavy atom. The van der Waals surface area contributed by atoms with Crippen molar-refractivity contribution in [1.82, 2.24) is 15.0 Å². The molecule has 0 aliphatic heterocycles. The average molecular weight is 270 g/mol. The molecule has 0 radical (unpaired) electrons. The summed E-state index contributed by atoms with van der Waals surface area (Å²) in [6.45, 7) is 1.94. The van der Waals surface area contributed by atoms with Gasteiger partial charge in [0.2, 0.25) is 0 Å². The summed E-state index contributed by atoms with van der Waals surface area (Å²) >= 11 is 5.73. The molecule has 0 unspecified atom stereocenters. The molecule has 0 saturated carbocycles. The molecule has 0 bridgehead atoms. The van der Waals surface area contributed by atoms with Crippen molar-refractivity contribution in [3.05, 3.63) is 40.9 Å². The molecule has 2 rings (SSSR count). The number of benzene rings is 1. The molecule has 5 nitrogen and oxygen atoms in total. The Hall–Kier alpha value is -1.95. The third-order valence-electron chi connectivity index (χ3n) is 2.09. The monoisotopic (exact) mass is 269 g/mol. The van der Waals surface area contributed by atoms with E-state index >= 15 is 0 Å². The van der Waals surface area contributed by atoms with Crippen LogP contribution in [0, 0.1) is 5.82 Å². The summed E-state index contributed by atoms with van der Waals surface area (Å²) in [6.07, 6.45) is 1.35. The van der Waals surface area contributed by atoms with E-state index in [1.807, 2.05) is 0 Å². The maximum atomic E-state index is 13.2. The largest absolute Gasteiger partial charge is 0.461 e. The van der Waals surface area contributed by atoms with Gasteiger partial charge in [-0.15, -0.1) is 5.10 Å². The lowest BCUT2D eigenvalue weighted by atomic mass is 10.3. The summed E-state index contributed by atoms with van der Waals surface area (Å²) in [4.78, 5) is 11.4. The Morgan fingerprint density at radius 2 is 2.28 bits per heavy atom. The number of nitrogens with zero attached hydrogens (tertiary/aromatic N) is 3. The second-order valence-electron chi connectivity index (χ2n) is 3.40. The zero-order valence-corrected chi connectivity index (χ0v) is 10.2. The molecule has 1 aromatic heterocycles. The van der Waals surface area contributed by atoms with Gasteiger partial charge >= 0.3 is 5.97 Å². The minimum Gasteiger partial charge on any atom is -0.461 e. The first-order valence-electron chi connectivity index (χ1n) is 5.16. The van der Waals surface area contributed by atoms with E-state index in [1.165, 1.54) is 29.1 Å². The number of esters is 1. The fraction of sp³-hybridized carbons (Fsp3) is 0.182. The molecule has 1 aromatic carbocycles. The predicted octanol–water partition coefficient (Wildman–Crippen LogP) is 2.24. The highest BCUT2D eigenvalue weighted by Gasteiger charge is 2.12. The van der Waals surface area contributed by atoms with Gasteiger partial charge in [0.05, 0.1) is 18.5 Å². The van der Waals surface area contributed by atoms with Crippen LogP contribution >= 0.6 is 11.6 Å². The van der Waals surface area contributed by atoms with E-state index in [2.05, 4.69) is 10.3 Å². The first-order valence-corrected chi connectivity index (χ1v) is 5.54. The Morgan fingerprint density at radius 3 is 2.94 bits per heavy atom. The fourth-order valence-electron chi connectivity index (χ4n) is 1.36. The number of carbonyl (C=O) groups is 1. The number of ether oxygens (including phenoxy) is 1. The number of hydrogen-bond donors (Lipinski definition) is 0. The SMILES string of the molecule is CCOC(=O)c1cn(-c2cc(F)cc(Cl)c2)nn1. The second kappa shape index (κ2) is 5.14. The van der Waals surface area contributed by atoms with Crippen LogP contribution < -0.4 is 0 Å². The van der Waals surface area contributed by atoms with Crippen molar-refractivity contribution in [2.45, 2.75) is 6.92 Å². The zero-order chi connectivity index (χ0) is 13.1. The van der Waals surface area contributed by atoms with Gasteiger partial charge in [0.25, 0.3) is 0 Å². The number of carbonyl (C=O) groups excluding carboxylic acids is 1. The molecule has 1 heterocycles. The molecule has 0 fully saturated rings. The summed E-state index contributed by atoms with van der Waals surface area (Å²) in [7, 11) is 0. The van der Waals surface area contributed by atoms with Crippen molar-refractivity contribution < 1.29 is 13.9 Å². The molecule has 0 saturated heterocycles. The van der Waals surface area contributed by atoms with Gasteiger partial charge < -0.3 is 4.74 Å². The first-order chi connectivity index (χ1) is 8.60. The highest BCUT2D eigenvalue weighted by molar-refractivity contribution is 6.30. The first kappa shape index (κ1) is 12.5. The van der Waals surface area contributed by atoms with E-state index in [4.69, 9.17) is 16.3 Å². The van der Waals surface area contributed by atoms with Crippen LogP contribution in [0.25, 0.3) is 5.69 Å². The Kier molecular flexibility index (Phi) is 3.57. The summed E-state index contributed by atoms with van der Waals surface area (Å²) in [5.41, 5.74) is 0.431. The quantitative estimate of drug-likeness (QED) is 0.802. The van der Waals surface area contributed by atoms with Crippen molar-refractivity contribution in [2.75, 3.05) is 6.61 Å². The van der Waals surface area contributed by atoms with Gasteiger partial charge in [-0.25, -0.2) is 13.9 Å². The van der Waals surface area contributed by atoms with Gasteiger partial charge in [-0.3, -0.25) is 0 Å². The van der Waals surface area contributed by atoms with E-state index < -0.39 is 11.8 Å². The zero-order valence-electron chi connectivity index (χ0n) is 9.43. The highest BCUT2D eigenvalue weighted by atomic mass is 35.5. The van der Waals surface area contributed by atoms with Crippen molar-refractivity contribution in [2.24, 2.45) is 0 Å². The smallest absolute Gasteiger partial charge is 0.360 e. The number of aromatic nitrogens is 3. The van der Waals surface area contributed by atoms with Crippen LogP contribution in [0.4, 0.5) is 4.39 Å². The predicted molar refractivity (Wildman–Crippen MR) is 62.3 cm³/mol. The van der Waals surface area contributed by atoms with Gasteiger partial charge in [0, 0.05) is 5.02 Å². The van der Waals surface area contributed by atoms with Gasteiger partial charge in [0.1, 0.15) is 5.82 Å². The molecule has 0 N–H and O–H groups in total. The van der Waals surface area contributed by atoms with Crippen LogP contribution in [0.15, 0.2) is 24.4 Å². The minimum atomic E-state index is -0.578. The minimum absolute atomic E-state index is 0.0530. The highest BCUT2D eigenvalue weighted by Crippen LogP contribution is 2.17. The second-order valence-corrected chi connectivity index (χ2v) is 3.83. The van der Waals surface area contributed by atoms with Gasteiger partial charge in [-0.2, -0.15) is 0 Å². The number of rotatable bonds is 3. The molecule has 18 heavy (non-hydrogen) atoms. The number of halogens is 2. The van der Waals surface area contributed by atoms with E-state index in [0.717, 1.165) is 0 Å². The summed E-state index contributed by atoms with van der Waals surface area (Å²) in [6, 6.07) is 3.91. The summed E-state index contributed by atoms with van der Waals surface area (Å²) in [5.74, 6) is -1.07. The maximum absolute atomic E-state index is 13.2. The average Bonchev–Trinajstić information content (AvgIpc) is 2.77. The third kappa shape index (κ3) is 2.65. The standard InChI is InChI=1S/C11H9ClFN3O2/c1-2-18-11(17)10-6-16(15-14-10)9-4-7(12)3-8(13)5-9/h3-6H,2H2,1H3. The van der Waals surface area contributed by atoms with E-state index in [0.29, 0.717) is 5.69 Å². The normalized spacial score (nSPS) is 10.4. The van der Waals surface area contributed by atoms with Crippen LogP contribution in [-0.2, 0) is 4.74 Å². The fourth-order valence-corrected chi connectivity index (χ4v) is 1.58. The molecule has 2 aromatic rings. The van der Waals surface area contributed by atoms with Crippen molar-refractivity contribution in [3.8, 4) is 5.69 Å².